The molecule has 0 radical (unpaired) electrons. The molecule has 2 atom stereocenters. The van der Waals surface area contributed by atoms with Crippen LogP contribution in [0.5, 0.6) is 0 Å². The van der Waals surface area contributed by atoms with Crippen molar-refractivity contribution in [1.82, 2.24) is 0 Å². The summed E-state index contributed by atoms with van der Waals surface area (Å²) in [4.78, 5) is 10.6. The maximum absolute atomic E-state index is 10.6. The molecule has 1 fully saturated rings. The number of rotatable bonds is 2. The highest BCUT2D eigenvalue weighted by atomic mass is 32.2. The van der Waals surface area contributed by atoms with Crippen molar-refractivity contribution in [2.75, 3.05) is 5.75 Å². The number of hydrogen-bond acceptors (Lipinski definition) is 3. The zero-order valence-corrected chi connectivity index (χ0v) is 7.82. The van der Waals surface area contributed by atoms with Crippen LogP contribution in [-0.2, 0) is 9.53 Å². The second-order valence-corrected chi connectivity index (χ2v) is 4.10. The zero-order valence-electron chi connectivity index (χ0n) is 7.00. The van der Waals surface area contributed by atoms with Gasteiger partial charge in [0.05, 0.1) is 0 Å². The summed E-state index contributed by atoms with van der Waals surface area (Å²) in [6.07, 6.45) is 2.31. The lowest BCUT2D eigenvalue weighted by Crippen LogP contribution is -2.23. The van der Waals surface area contributed by atoms with E-state index in [1.54, 1.807) is 0 Å². The predicted octanol–water partition coefficient (Wildman–Crippen LogP) is 1.83. The minimum absolute atomic E-state index is 0.143. The van der Waals surface area contributed by atoms with Crippen molar-refractivity contribution < 1.29 is 9.53 Å². The Morgan fingerprint density at radius 2 is 2.45 bits per heavy atom. The maximum atomic E-state index is 10.6. The Morgan fingerprint density at radius 3 is 3.00 bits per heavy atom. The van der Waals surface area contributed by atoms with Crippen LogP contribution in [0.1, 0.15) is 26.7 Å². The van der Waals surface area contributed by atoms with Crippen LogP contribution < -0.4 is 0 Å². The molecule has 1 aliphatic rings. The normalized spacial score (nSPS) is 30.4. The van der Waals surface area contributed by atoms with Gasteiger partial charge in [-0.2, -0.15) is 11.8 Å². The Morgan fingerprint density at radius 1 is 1.73 bits per heavy atom. The molecule has 0 aromatic carbocycles. The van der Waals surface area contributed by atoms with Gasteiger partial charge in [0, 0.05) is 12.2 Å². The Bertz CT molecular complexity index is 147. The van der Waals surface area contributed by atoms with E-state index < -0.39 is 0 Å². The van der Waals surface area contributed by atoms with Crippen LogP contribution in [0.3, 0.4) is 0 Å². The summed E-state index contributed by atoms with van der Waals surface area (Å²) < 4.78 is 5.15. The minimum atomic E-state index is -0.143. The van der Waals surface area contributed by atoms with Crippen molar-refractivity contribution in [2.45, 2.75) is 38.0 Å². The van der Waals surface area contributed by atoms with E-state index >= 15 is 0 Å². The van der Waals surface area contributed by atoms with Crippen molar-refractivity contribution in [3.05, 3.63) is 0 Å². The van der Waals surface area contributed by atoms with Crippen LogP contribution in [0.25, 0.3) is 0 Å². The molecule has 0 aliphatic carbocycles. The van der Waals surface area contributed by atoms with E-state index in [4.69, 9.17) is 4.74 Å². The summed E-state index contributed by atoms with van der Waals surface area (Å²) in [5, 5.41) is 0.541. The van der Waals surface area contributed by atoms with Gasteiger partial charge >= 0.3 is 5.97 Å². The molecule has 1 saturated heterocycles. The van der Waals surface area contributed by atoms with Crippen molar-refractivity contribution in [2.24, 2.45) is 0 Å². The lowest BCUT2D eigenvalue weighted by atomic mass is 10.1. The molecular formula is C8H14O2S. The maximum Gasteiger partial charge on any atom is 0.302 e. The third kappa shape index (κ3) is 2.40. The van der Waals surface area contributed by atoms with E-state index in [-0.39, 0.29) is 12.1 Å². The number of thioether (sulfide) groups is 1. The number of hydrogen-bond donors (Lipinski definition) is 0. The second kappa shape index (κ2) is 4.00. The first-order valence-corrected chi connectivity index (χ1v) is 5.07. The number of carbonyl (C=O) groups is 1. The largest absolute Gasteiger partial charge is 0.461 e. The van der Waals surface area contributed by atoms with Gasteiger partial charge in [0.25, 0.3) is 0 Å². The zero-order chi connectivity index (χ0) is 8.27. The third-order valence-corrected chi connectivity index (χ3v) is 3.41. The Kier molecular flexibility index (Phi) is 3.24. The van der Waals surface area contributed by atoms with Crippen LogP contribution in [0.2, 0.25) is 0 Å². The van der Waals surface area contributed by atoms with Gasteiger partial charge in [-0.05, 0) is 18.6 Å². The topological polar surface area (TPSA) is 26.3 Å². The van der Waals surface area contributed by atoms with E-state index in [1.165, 1.54) is 6.92 Å². The fourth-order valence-electron chi connectivity index (χ4n) is 1.36. The molecule has 0 spiro atoms. The highest BCUT2D eigenvalue weighted by Gasteiger charge is 2.28. The van der Waals surface area contributed by atoms with Gasteiger partial charge in [0.2, 0.25) is 0 Å². The summed E-state index contributed by atoms with van der Waals surface area (Å²) in [5.41, 5.74) is 0. The first-order valence-electron chi connectivity index (χ1n) is 4.03. The molecule has 11 heavy (non-hydrogen) atoms. The number of esters is 1. The van der Waals surface area contributed by atoms with Gasteiger partial charge in [0.15, 0.2) is 0 Å². The van der Waals surface area contributed by atoms with Crippen LogP contribution in [0.4, 0.5) is 0 Å². The molecule has 0 aromatic rings. The van der Waals surface area contributed by atoms with Gasteiger partial charge in [-0.25, -0.2) is 0 Å². The third-order valence-electron chi connectivity index (χ3n) is 1.87. The molecule has 0 aromatic heterocycles. The molecule has 0 amide bonds. The van der Waals surface area contributed by atoms with E-state index in [0.29, 0.717) is 5.25 Å². The van der Waals surface area contributed by atoms with Crippen molar-refractivity contribution in [3.8, 4) is 0 Å². The fraction of sp³-hybridized carbons (Fsp3) is 0.875. The number of ether oxygens (including phenoxy) is 1. The van der Waals surface area contributed by atoms with Crippen LogP contribution in [-0.4, -0.2) is 23.1 Å². The minimum Gasteiger partial charge on any atom is -0.461 e. The fourth-order valence-corrected chi connectivity index (χ4v) is 2.67. The Hall–Kier alpha value is -0.180. The molecule has 2 nitrogen and oxygen atoms in total. The average Bonchev–Trinajstić information content (AvgIpc) is 2.34. The highest BCUT2D eigenvalue weighted by molar-refractivity contribution is 8.00. The molecule has 1 heterocycles. The first-order chi connectivity index (χ1) is 5.24. The molecule has 0 saturated carbocycles. The Balaban J connectivity index is 2.37. The smallest absolute Gasteiger partial charge is 0.302 e. The molecule has 0 bridgehead atoms. The van der Waals surface area contributed by atoms with Crippen LogP contribution >= 0.6 is 11.8 Å². The lowest BCUT2D eigenvalue weighted by Gasteiger charge is -2.16. The van der Waals surface area contributed by atoms with E-state index in [0.717, 1.165) is 18.6 Å². The predicted molar refractivity (Wildman–Crippen MR) is 46.7 cm³/mol. The lowest BCUT2D eigenvalue weighted by molar-refractivity contribution is -0.146. The molecule has 0 unspecified atom stereocenters. The molecule has 0 N–H and O–H groups in total. The summed E-state index contributed by atoms with van der Waals surface area (Å²) in [6, 6.07) is 0. The summed E-state index contributed by atoms with van der Waals surface area (Å²) in [7, 11) is 0. The van der Waals surface area contributed by atoms with Crippen molar-refractivity contribution in [3.63, 3.8) is 0 Å². The van der Waals surface area contributed by atoms with E-state index in [1.807, 2.05) is 11.8 Å². The summed E-state index contributed by atoms with van der Waals surface area (Å²) in [6.45, 7) is 3.62. The molecule has 3 heteroatoms. The second-order valence-electron chi connectivity index (χ2n) is 2.75. The molecule has 1 aliphatic heterocycles. The van der Waals surface area contributed by atoms with Gasteiger partial charge in [-0.15, -0.1) is 0 Å². The number of carbonyl (C=O) groups excluding carboxylic acids is 1. The van der Waals surface area contributed by atoms with Gasteiger partial charge < -0.3 is 4.74 Å². The van der Waals surface area contributed by atoms with Crippen LogP contribution in [0.15, 0.2) is 0 Å². The summed E-state index contributed by atoms with van der Waals surface area (Å²) in [5.74, 6) is 0.993. The SMILES string of the molecule is CC[C@H]1SCC[C@H]1OC(C)=O. The van der Waals surface area contributed by atoms with Crippen LogP contribution in [0, 0.1) is 0 Å². The molecule has 1 rings (SSSR count). The van der Waals surface area contributed by atoms with Gasteiger partial charge in [-0.1, -0.05) is 6.92 Å². The van der Waals surface area contributed by atoms with Gasteiger partial charge in [0.1, 0.15) is 6.10 Å². The van der Waals surface area contributed by atoms with E-state index in [2.05, 4.69) is 6.92 Å². The summed E-state index contributed by atoms with van der Waals surface area (Å²) >= 11 is 1.92. The molecular weight excluding hydrogens is 160 g/mol. The monoisotopic (exact) mass is 174 g/mol. The van der Waals surface area contributed by atoms with Gasteiger partial charge in [-0.3, -0.25) is 4.79 Å². The van der Waals surface area contributed by atoms with Crippen molar-refractivity contribution in [1.29, 1.82) is 0 Å². The van der Waals surface area contributed by atoms with Crippen molar-refractivity contribution >= 4 is 17.7 Å². The average molecular weight is 174 g/mol. The Labute approximate surface area is 71.7 Å². The first kappa shape index (κ1) is 8.91. The highest BCUT2D eigenvalue weighted by Crippen LogP contribution is 2.31. The quantitative estimate of drug-likeness (QED) is 0.597. The standard InChI is InChI=1S/C8H14O2S/c1-3-8-7(4-5-11-8)10-6(2)9/h7-8H,3-5H2,1-2H3/t7-,8-/m1/s1. The molecule has 64 valence electrons. The van der Waals surface area contributed by atoms with E-state index in [9.17, 15) is 4.79 Å².